The predicted octanol–water partition coefficient (Wildman–Crippen LogP) is 5.94. The van der Waals surface area contributed by atoms with E-state index in [1.54, 1.807) is 23.5 Å². The van der Waals surface area contributed by atoms with Crippen LogP contribution in [0, 0.1) is 5.82 Å². The summed E-state index contributed by atoms with van der Waals surface area (Å²) in [6.07, 6.45) is 3.88. The van der Waals surface area contributed by atoms with Crippen molar-refractivity contribution in [3.63, 3.8) is 0 Å². The Morgan fingerprint density at radius 1 is 1.08 bits per heavy atom. The molecule has 6 nitrogen and oxygen atoms in total. The molecule has 4 rings (SSSR count). The van der Waals surface area contributed by atoms with Crippen LogP contribution in [0.1, 0.15) is 37.8 Å². The molecule has 0 saturated carbocycles. The van der Waals surface area contributed by atoms with Gasteiger partial charge in [-0.1, -0.05) is 42.8 Å². The van der Waals surface area contributed by atoms with Crippen LogP contribution in [0.15, 0.2) is 54.7 Å². The first-order chi connectivity index (χ1) is 17.3. The molecule has 1 fully saturated rings. The number of nitrogens with one attached hydrogen (secondary N) is 2. The summed E-state index contributed by atoms with van der Waals surface area (Å²) in [5.74, 6) is 0.592. The van der Waals surface area contributed by atoms with Crippen LogP contribution in [0.4, 0.5) is 15.9 Å². The molecule has 0 amide bonds. The summed E-state index contributed by atoms with van der Waals surface area (Å²) in [4.78, 5) is 4.48. The van der Waals surface area contributed by atoms with Gasteiger partial charge in [0.25, 0.3) is 0 Å². The molecular formula is C27H32ClFN4O2S. The van der Waals surface area contributed by atoms with Crippen LogP contribution >= 0.6 is 11.6 Å². The van der Waals surface area contributed by atoms with Gasteiger partial charge in [0.2, 0.25) is 10.0 Å². The van der Waals surface area contributed by atoms with Crippen LogP contribution in [-0.4, -0.2) is 42.6 Å². The van der Waals surface area contributed by atoms with E-state index < -0.39 is 10.0 Å². The van der Waals surface area contributed by atoms with Crippen molar-refractivity contribution in [2.75, 3.05) is 29.5 Å². The van der Waals surface area contributed by atoms with Crippen LogP contribution in [0.2, 0.25) is 5.02 Å². The van der Waals surface area contributed by atoms with E-state index in [1.165, 1.54) is 12.1 Å². The first-order valence-corrected chi connectivity index (χ1v) is 14.3. The van der Waals surface area contributed by atoms with Gasteiger partial charge in [-0.15, -0.1) is 0 Å². The highest BCUT2D eigenvalue weighted by molar-refractivity contribution is 7.89. The Hall–Kier alpha value is -2.68. The Morgan fingerprint density at radius 3 is 2.53 bits per heavy atom. The lowest BCUT2D eigenvalue weighted by Crippen LogP contribution is -2.43. The van der Waals surface area contributed by atoms with Crippen LogP contribution in [0.25, 0.3) is 11.1 Å². The Morgan fingerprint density at radius 2 is 1.83 bits per heavy atom. The zero-order chi connectivity index (χ0) is 25.7. The van der Waals surface area contributed by atoms with Crippen molar-refractivity contribution in [1.29, 1.82) is 0 Å². The monoisotopic (exact) mass is 530 g/mol. The van der Waals surface area contributed by atoms with Gasteiger partial charge in [-0.3, -0.25) is 0 Å². The van der Waals surface area contributed by atoms with Gasteiger partial charge >= 0.3 is 0 Å². The van der Waals surface area contributed by atoms with Crippen molar-refractivity contribution < 1.29 is 12.8 Å². The number of hydrogen-bond donors (Lipinski definition) is 2. The number of hydrogen-bond acceptors (Lipinski definition) is 5. The lowest BCUT2D eigenvalue weighted by Gasteiger charge is -2.31. The third kappa shape index (κ3) is 6.17. The fourth-order valence-corrected chi connectivity index (χ4v) is 5.96. The van der Waals surface area contributed by atoms with E-state index in [1.807, 2.05) is 30.3 Å². The quantitative estimate of drug-likeness (QED) is 0.358. The van der Waals surface area contributed by atoms with E-state index in [-0.39, 0.29) is 17.6 Å². The molecule has 1 aliphatic rings. The highest BCUT2D eigenvalue weighted by atomic mass is 35.5. The van der Waals surface area contributed by atoms with E-state index in [0.29, 0.717) is 30.5 Å². The average Bonchev–Trinajstić information content (AvgIpc) is 2.88. The van der Waals surface area contributed by atoms with E-state index in [4.69, 9.17) is 11.6 Å². The third-order valence-corrected chi connectivity index (χ3v) is 8.79. The molecule has 0 bridgehead atoms. The molecule has 0 spiro atoms. The number of aromatic nitrogens is 1. The zero-order valence-corrected chi connectivity index (χ0v) is 22.2. The molecule has 9 heteroatoms. The number of rotatable bonds is 9. The fourth-order valence-electron chi connectivity index (χ4n) is 4.62. The number of nitrogens with zero attached hydrogens (tertiary/aromatic N) is 2. The molecule has 3 aromatic rings. The van der Waals surface area contributed by atoms with Gasteiger partial charge in [-0.05, 0) is 67.1 Å². The highest BCUT2D eigenvalue weighted by Crippen LogP contribution is 2.36. The minimum atomic E-state index is -3.15. The molecule has 192 valence electrons. The molecule has 2 aromatic carbocycles. The molecule has 0 unspecified atom stereocenters. The maximum atomic E-state index is 13.6. The summed E-state index contributed by atoms with van der Waals surface area (Å²) in [6.45, 7) is 5.30. The maximum Gasteiger partial charge on any atom is 0.213 e. The standard InChI is InChI=1S/C27H32ClFN4O2S/c1-3-22-23(9-6-10-26(22)30-17-19-7-5-8-20(29)15-19)24-16-27(31-18-25(24)28)32-21-11-13-33(14-12-21)36(34,35)4-2/h5-10,15-16,18,21,30H,3-4,11-14,17H2,1-2H3,(H,31,32). The molecule has 1 aliphatic heterocycles. The number of pyridine rings is 1. The maximum absolute atomic E-state index is 13.6. The molecule has 36 heavy (non-hydrogen) atoms. The largest absolute Gasteiger partial charge is 0.381 e. The van der Waals surface area contributed by atoms with Crippen LogP contribution in [-0.2, 0) is 23.0 Å². The molecule has 0 radical (unpaired) electrons. The molecule has 0 atom stereocenters. The van der Waals surface area contributed by atoms with Gasteiger partial charge in [-0.2, -0.15) is 0 Å². The number of halogens is 2. The lowest BCUT2D eigenvalue weighted by molar-refractivity contribution is 0.330. The van der Waals surface area contributed by atoms with Crippen molar-refractivity contribution in [2.45, 2.75) is 45.7 Å². The molecule has 0 aliphatic carbocycles. The van der Waals surface area contributed by atoms with Crippen molar-refractivity contribution in [2.24, 2.45) is 0 Å². The smallest absolute Gasteiger partial charge is 0.213 e. The minimum Gasteiger partial charge on any atom is -0.381 e. The normalized spacial score (nSPS) is 15.1. The summed E-state index contributed by atoms with van der Waals surface area (Å²) < 4.78 is 39.4. The Bertz CT molecular complexity index is 1310. The summed E-state index contributed by atoms with van der Waals surface area (Å²) >= 11 is 6.60. The number of anilines is 2. The second-order valence-electron chi connectivity index (χ2n) is 8.94. The van der Waals surface area contributed by atoms with Crippen LogP contribution < -0.4 is 10.6 Å². The fraction of sp³-hybridized carbons (Fsp3) is 0.370. The number of sulfonamides is 1. The van der Waals surface area contributed by atoms with Gasteiger partial charge < -0.3 is 10.6 Å². The molecule has 1 saturated heterocycles. The molecular weight excluding hydrogens is 499 g/mol. The van der Waals surface area contributed by atoms with Crippen molar-refractivity contribution >= 4 is 33.1 Å². The Kier molecular flexibility index (Phi) is 8.49. The Labute approximate surface area is 217 Å². The number of piperidine rings is 1. The summed E-state index contributed by atoms with van der Waals surface area (Å²) in [5, 5.41) is 7.47. The van der Waals surface area contributed by atoms with Crippen LogP contribution in [0.3, 0.4) is 0 Å². The molecule has 2 N–H and O–H groups in total. The van der Waals surface area contributed by atoms with Crippen molar-refractivity contribution in [3.8, 4) is 11.1 Å². The minimum absolute atomic E-state index is 0.128. The van der Waals surface area contributed by atoms with Gasteiger partial charge in [0.1, 0.15) is 11.6 Å². The molecule has 1 aromatic heterocycles. The average molecular weight is 531 g/mol. The third-order valence-electron chi connectivity index (χ3n) is 6.61. The van der Waals surface area contributed by atoms with Crippen molar-refractivity contribution in [1.82, 2.24) is 9.29 Å². The lowest BCUT2D eigenvalue weighted by atomic mass is 9.96. The summed E-state index contributed by atoms with van der Waals surface area (Å²) in [5.41, 5.74) is 4.86. The predicted molar refractivity (Wildman–Crippen MR) is 145 cm³/mol. The first-order valence-electron chi connectivity index (χ1n) is 12.3. The van der Waals surface area contributed by atoms with Crippen molar-refractivity contribution in [3.05, 3.63) is 76.7 Å². The second-order valence-corrected chi connectivity index (χ2v) is 11.6. The van der Waals surface area contributed by atoms with Crippen LogP contribution in [0.5, 0.6) is 0 Å². The second kappa shape index (κ2) is 11.6. The van der Waals surface area contributed by atoms with Gasteiger partial charge in [0.05, 0.1) is 10.8 Å². The topological polar surface area (TPSA) is 74.3 Å². The zero-order valence-electron chi connectivity index (χ0n) is 20.6. The van der Waals surface area contributed by atoms with E-state index in [0.717, 1.165) is 47.2 Å². The SMILES string of the molecule is CCc1c(NCc2cccc(F)c2)cccc1-c1cc(NC2CCN(S(=O)(=O)CC)CC2)ncc1Cl. The van der Waals surface area contributed by atoms with E-state index in [9.17, 15) is 12.8 Å². The molecule has 2 heterocycles. The summed E-state index contributed by atoms with van der Waals surface area (Å²) in [6, 6.07) is 14.7. The van der Waals surface area contributed by atoms with Gasteiger partial charge in [0, 0.05) is 43.1 Å². The summed E-state index contributed by atoms with van der Waals surface area (Å²) in [7, 11) is -3.15. The van der Waals surface area contributed by atoms with E-state index >= 15 is 0 Å². The first kappa shape index (κ1) is 26.4. The Balaban J connectivity index is 1.52. The van der Waals surface area contributed by atoms with E-state index in [2.05, 4.69) is 22.5 Å². The number of benzene rings is 2. The van der Waals surface area contributed by atoms with Gasteiger partial charge in [0.15, 0.2) is 0 Å². The highest BCUT2D eigenvalue weighted by Gasteiger charge is 2.27. The van der Waals surface area contributed by atoms with Gasteiger partial charge in [-0.25, -0.2) is 22.1 Å².